The Hall–Kier alpha value is -0.220. The summed E-state index contributed by atoms with van der Waals surface area (Å²) in [6.07, 6.45) is 4.54. The van der Waals surface area contributed by atoms with E-state index in [-0.39, 0.29) is 12.0 Å². The fraction of sp³-hybridized carbons (Fsp3) is 0.909. The highest BCUT2D eigenvalue weighted by molar-refractivity contribution is 7.98. The maximum Gasteiger partial charge on any atom is 0.223 e. The van der Waals surface area contributed by atoms with Gasteiger partial charge in [-0.2, -0.15) is 11.8 Å². The molecule has 1 aliphatic heterocycles. The van der Waals surface area contributed by atoms with Crippen molar-refractivity contribution in [3.05, 3.63) is 0 Å². The standard InChI is InChI=1S/C11H19NO2S/c1-15-5-4-11(14)12-6-8-2-3-10(13)9(8)7-12/h8-10,13H,2-7H2,1H3. The first-order valence-corrected chi connectivity index (χ1v) is 7.06. The summed E-state index contributed by atoms with van der Waals surface area (Å²) in [5.74, 6) is 2.11. The second-order valence-electron chi connectivity index (χ2n) is 4.61. The Kier molecular flexibility index (Phi) is 3.57. The molecule has 2 aliphatic rings. The van der Waals surface area contributed by atoms with E-state index in [0.29, 0.717) is 18.3 Å². The highest BCUT2D eigenvalue weighted by atomic mass is 32.2. The molecule has 0 aromatic heterocycles. The van der Waals surface area contributed by atoms with E-state index < -0.39 is 0 Å². The molecule has 1 saturated carbocycles. The highest BCUT2D eigenvalue weighted by Crippen LogP contribution is 2.38. The molecule has 4 heteroatoms. The lowest BCUT2D eigenvalue weighted by atomic mass is 10.00. The number of amides is 1. The molecule has 86 valence electrons. The molecule has 15 heavy (non-hydrogen) atoms. The van der Waals surface area contributed by atoms with Gasteiger partial charge in [-0.05, 0) is 25.0 Å². The third kappa shape index (κ3) is 2.31. The van der Waals surface area contributed by atoms with Crippen LogP contribution in [-0.4, -0.2) is 47.1 Å². The van der Waals surface area contributed by atoms with Gasteiger partial charge in [0.2, 0.25) is 5.91 Å². The number of hydrogen-bond donors (Lipinski definition) is 1. The maximum atomic E-state index is 11.8. The van der Waals surface area contributed by atoms with E-state index in [1.165, 1.54) is 0 Å². The third-order valence-corrected chi connectivity index (χ3v) is 4.30. The number of aliphatic hydroxyl groups excluding tert-OH is 1. The summed E-state index contributed by atoms with van der Waals surface area (Å²) in [5.41, 5.74) is 0. The molecule has 0 aromatic rings. The number of thioether (sulfide) groups is 1. The van der Waals surface area contributed by atoms with Crippen LogP contribution < -0.4 is 0 Å². The molecule has 1 N–H and O–H groups in total. The summed E-state index contributed by atoms with van der Waals surface area (Å²) in [7, 11) is 0. The van der Waals surface area contributed by atoms with Crippen molar-refractivity contribution in [3.63, 3.8) is 0 Å². The molecule has 0 bridgehead atoms. The van der Waals surface area contributed by atoms with Crippen molar-refractivity contribution in [2.75, 3.05) is 25.1 Å². The van der Waals surface area contributed by atoms with Gasteiger partial charge < -0.3 is 10.0 Å². The smallest absolute Gasteiger partial charge is 0.223 e. The minimum atomic E-state index is -0.159. The monoisotopic (exact) mass is 229 g/mol. The molecule has 1 saturated heterocycles. The average Bonchev–Trinajstić information content (AvgIpc) is 2.78. The number of likely N-dealkylation sites (tertiary alicyclic amines) is 1. The minimum absolute atomic E-state index is 0.159. The van der Waals surface area contributed by atoms with Gasteiger partial charge in [-0.3, -0.25) is 4.79 Å². The van der Waals surface area contributed by atoms with Crippen molar-refractivity contribution in [1.29, 1.82) is 0 Å². The molecule has 1 amide bonds. The van der Waals surface area contributed by atoms with Crippen molar-refractivity contribution in [1.82, 2.24) is 4.90 Å². The molecular formula is C11H19NO2S. The molecule has 1 heterocycles. The van der Waals surface area contributed by atoms with Gasteiger partial charge in [0, 0.05) is 31.2 Å². The highest BCUT2D eigenvalue weighted by Gasteiger charge is 2.42. The predicted octanol–water partition coefficient (Wildman–Crippen LogP) is 0.969. The Balaban J connectivity index is 1.85. The fourth-order valence-corrected chi connectivity index (χ4v) is 3.17. The Morgan fingerprint density at radius 3 is 2.93 bits per heavy atom. The molecule has 0 aromatic carbocycles. The van der Waals surface area contributed by atoms with Gasteiger partial charge in [-0.25, -0.2) is 0 Å². The van der Waals surface area contributed by atoms with Crippen molar-refractivity contribution < 1.29 is 9.90 Å². The molecule has 2 rings (SSSR count). The lowest BCUT2D eigenvalue weighted by Crippen LogP contribution is -2.31. The quantitative estimate of drug-likeness (QED) is 0.784. The third-order valence-electron chi connectivity index (χ3n) is 3.69. The Bertz CT molecular complexity index is 247. The molecule has 2 fully saturated rings. The van der Waals surface area contributed by atoms with Crippen LogP contribution in [0.3, 0.4) is 0 Å². The van der Waals surface area contributed by atoms with E-state index in [1.807, 2.05) is 11.2 Å². The number of carbonyl (C=O) groups excluding carboxylic acids is 1. The van der Waals surface area contributed by atoms with Crippen LogP contribution in [0.4, 0.5) is 0 Å². The molecular weight excluding hydrogens is 210 g/mol. The predicted molar refractivity (Wildman–Crippen MR) is 61.8 cm³/mol. The summed E-state index contributed by atoms with van der Waals surface area (Å²) in [4.78, 5) is 13.7. The van der Waals surface area contributed by atoms with Crippen LogP contribution in [0.25, 0.3) is 0 Å². The number of rotatable bonds is 3. The van der Waals surface area contributed by atoms with Gasteiger partial charge in [0.1, 0.15) is 0 Å². The van der Waals surface area contributed by atoms with Crippen LogP contribution >= 0.6 is 11.8 Å². The normalized spacial score (nSPS) is 34.5. The van der Waals surface area contributed by atoms with Gasteiger partial charge >= 0.3 is 0 Å². The second kappa shape index (κ2) is 4.74. The summed E-state index contributed by atoms with van der Waals surface area (Å²) < 4.78 is 0. The van der Waals surface area contributed by atoms with Crippen molar-refractivity contribution >= 4 is 17.7 Å². The van der Waals surface area contributed by atoms with E-state index in [1.54, 1.807) is 11.8 Å². The topological polar surface area (TPSA) is 40.5 Å². The van der Waals surface area contributed by atoms with Gasteiger partial charge in [0.25, 0.3) is 0 Å². The first-order chi connectivity index (χ1) is 7.22. The van der Waals surface area contributed by atoms with Crippen LogP contribution in [-0.2, 0) is 4.79 Å². The van der Waals surface area contributed by atoms with Gasteiger partial charge in [-0.15, -0.1) is 0 Å². The number of fused-ring (bicyclic) bond motifs is 1. The van der Waals surface area contributed by atoms with Gasteiger partial charge in [0.05, 0.1) is 6.10 Å². The summed E-state index contributed by atoms with van der Waals surface area (Å²) in [6.45, 7) is 1.67. The van der Waals surface area contributed by atoms with Crippen LogP contribution in [0.5, 0.6) is 0 Å². The lowest BCUT2D eigenvalue weighted by Gasteiger charge is -2.18. The zero-order valence-electron chi connectivity index (χ0n) is 9.19. The average molecular weight is 229 g/mol. The fourth-order valence-electron chi connectivity index (χ4n) is 2.79. The number of hydrogen-bond acceptors (Lipinski definition) is 3. The zero-order valence-corrected chi connectivity index (χ0v) is 10.0. The Morgan fingerprint density at radius 2 is 2.27 bits per heavy atom. The summed E-state index contributed by atoms with van der Waals surface area (Å²) >= 11 is 1.71. The van der Waals surface area contributed by atoms with Crippen molar-refractivity contribution in [2.45, 2.75) is 25.4 Å². The summed E-state index contributed by atoms with van der Waals surface area (Å²) in [5, 5.41) is 9.73. The van der Waals surface area contributed by atoms with Crippen LogP contribution in [0.15, 0.2) is 0 Å². The van der Waals surface area contributed by atoms with E-state index in [2.05, 4.69) is 0 Å². The molecule has 0 radical (unpaired) electrons. The zero-order chi connectivity index (χ0) is 10.8. The van der Waals surface area contributed by atoms with E-state index >= 15 is 0 Å². The first kappa shape index (κ1) is 11.3. The van der Waals surface area contributed by atoms with E-state index in [4.69, 9.17) is 0 Å². The minimum Gasteiger partial charge on any atom is -0.393 e. The van der Waals surface area contributed by atoms with E-state index in [0.717, 1.165) is 31.7 Å². The molecule has 3 atom stereocenters. The second-order valence-corrected chi connectivity index (χ2v) is 5.60. The molecule has 3 nitrogen and oxygen atoms in total. The molecule has 3 unspecified atom stereocenters. The van der Waals surface area contributed by atoms with Crippen LogP contribution in [0.1, 0.15) is 19.3 Å². The van der Waals surface area contributed by atoms with E-state index in [9.17, 15) is 9.90 Å². The van der Waals surface area contributed by atoms with Gasteiger partial charge in [-0.1, -0.05) is 0 Å². The Labute approximate surface area is 95.2 Å². The first-order valence-electron chi connectivity index (χ1n) is 5.67. The lowest BCUT2D eigenvalue weighted by molar-refractivity contribution is -0.130. The maximum absolute atomic E-state index is 11.8. The largest absolute Gasteiger partial charge is 0.393 e. The molecule has 0 spiro atoms. The van der Waals surface area contributed by atoms with Crippen molar-refractivity contribution in [3.8, 4) is 0 Å². The van der Waals surface area contributed by atoms with Crippen LogP contribution in [0, 0.1) is 11.8 Å². The molecule has 1 aliphatic carbocycles. The van der Waals surface area contributed by atoms with Gasteiger partial charge in [0.15, 0.2) is 0 Å². The summed E-state index contributed by atoms with van der Waals surface area (Å²) in [6, 6.07) is 0. The number of carbonyl (C=O) groups is 1. The number of nitrogens with zero attached hydrogens (tertiary/aromatic N) is 1. The van der Waals surface area contributed by atoms with Crippen molar-refractivity contribution in [2.24, 2.45) is 11.8 Å². The Morgan fingerprint density at radius 1 is 1.47 bits per heavy atom. The SMILES string of the molecule is CSCCC(=O)N1CC2CCC(O)C2C1. The number of aliphatic hydroxyl groups is 1. The van der Waals surface area contributed by atoms with Crippen LogP contribution in [0.2, 0.25) is 0 Å².